The molecule has 0 N–H and O–H groups in total. The number of amides is 2. The molecule has 0 radical (unpaired) electrons. The molecular weight excluding hydrogens is 250 g/mol. The smallest absolute Gasteiger partial charge is 0.260 e. The molecule has 1 aliphatic carbocycles. The highest BCUT2D eigenvalue weighted by Crippen LogP contribution is 2.42. The van der Waals surface area contributed by atoms with Crippen molar-refractivity contribution in [2.75, 3.05) is 7.05 Å². The Bertz CT molecular complexity index is 560. The van der Waals surface area contributed by atoms with E-state index in [1.165, 1.54) is 30.6 Å². The van der Waals surface area contributed by atoms with Crippen molar-refractivity contribution in [3.8, 4) is 0 Å². The quantitative estimate of drug-likeness (QED) is 0.775. The van der Waals surface area contributed by atoms with E-state index in [0.717, 1.165) is 12.0 Å². The van der Waals surface area contributed by atoms with Crippen molar-refractivity contribution in [3.05, 3.63) is 35.4 Å². The van der Waals surface area contributed by atoms with E-state index in [1.54, 1.807) is 7.05 Å². The molecule has 0 saturated heterocycles. The van der Waals surface area contributed by atoms with E-state index in [9.17, 15) is 9.59 Å². The van der Waals surface area contributed by atoms with Gasteiger partial charge in [-0.25, -0.2) is 0 Å². The maximum atomic E-state index is 12.7. The molecule has 0 spiro atoms. The second kappa shape index (κ2) is 4.72. The van der Waals surface area contributed by atoms with E-state index in [0.29, 0.717) is 11.5 Å². The molecule has 1 heterocycles. The lowest BCUT2D eigenvalue weighted by Gasteiger charge is -2.39. The van der Waals surface area contributed by atoms with Gasteiger partial charge in [-0.1, -0.05) is 43.9 Å². The Hall–Kier alpha value is -1.64. The number of carbonyl (C=O) groups excluding carboxylic acids is 2. The normalized spacial score (nSPS) is 27.0. The van der Waals surface area contributed by atoms with Gasteiger partial charge in [0, 0.05) is 12.6 Å². The molecule has 106 valence electrons. The monoisotopic (exact) mass is 271 g/mol. The fourth-order valence-electron chi connectivity index (χ4n) is 3.90. The van der Waals surface area contributed by atoms with Crippen molar-refractivity contribution >= 4 is 11.8 Å². The summed E-state index contributed by atoms with van der Waals surface area (Å²) in [5.74, 6) is 0.390. The topological polar surface area (TPSA) is 37.4 Å². The van der Waals surface area contributed by atoms with Crippen molar-refractivity contribution < 1.29 is 9.59 Å². The van der Waals surface area contributed by atoms with E-state index < -0.39 is 5.41 Å². The minimum Gasteiger partial charge on any atom is -0.281 e. The summed E-state index contributed by atoms with van der Waals surface area (Å²) >= 11 is 0. The molecule has 2 amide bonds. The van der Waals surface area contributed by atoms with Crippen molar-refractivity contribution in [3.63, 3.8) is 0 Å². The first-order chi connectivity index (χ1) is 9.54. The number of carbonyl (C=O) groups is 2. The minimum absolute atomic E-state index is 0.0481. The zero-order valence-electron chi connectivity index (χ0n) is 12.2. The minimum atomic E-state index is -0.547. The lowest BCUT2D eigenvalue weighted by Crippen LogP contribution is -2.51. The van der Waals surface area contributed by atoms with Gasteiger partial charge in [-0.15, -0.1) is 0 Å². The molecule has 0 aromatic heterocycles. The van der Waals surface area contributed by atoms with Gasteiger partial charge in [-0.2, -0.15) is 0 Å². The number of benzene rings is 1. The lowest BCUT2D eigenvalue weighted by atomic mass is 9.70. The van der Waals surface area contributed by atoms with Gasteiger partial charge >= 0.3 is 0 Å². The van der Waals surface area contributed by atoms with E-state index in [4.69, 9.17) is 0 Å². The van der Waals surface area contributed by atoms with Crippen LogP contribution in [0.3, 0.4) is 0 Å². The zero-order chi connectivity index (χ0) is 14.3. The molecule has 1 atom stereocenters. The molecule has 3 rings (SSSR count). The largest absolute Gasteiger partial charge is 0.281 e. The van der Waals surface area contributed by atoms with Gasteiger partial charge in [0.25, 0.3) is 5.91 Å². The third-order valence-corrected chi connectivity index (χ3v) is 5.00. The Balaban J connectivity index is 2.05. The molecule has 1 unspecified atom stereocenters. The third kappa shape index (κ3) is 1.88. The first-order valence-corrected chi connectivity index (χ1v) is 7.46. The summed E-state index contributed by atoms with van der Waals surface area (Å²) in [6.45, 7) is 2.01. The maximum Gasteiger partial charge on any atom is 0.260 e. The number of likely N-dealkylation sites (N-methyl/N-ethyl adjacent to an activating group) is 1. The van der Waals surface area contributed by atoms with Crippen LogP contribution in [0.5, 0.6) is 0 Å². The predicted octanol–water partition coefficient (Wildman–Crippen LogP) is 3.14. The van der Waals surface area contributed by atoms with Crippen LogP contribution in [0.2, 0.25) is 0 Å². The van der Waals surface area contributed by atoms with Gasteiger partial charge in [0.05, 0.1) is 5.41 Å². The average molecular weight is 271 g/mol. The Morgan fingerprint density at radius 1 is 1.20 bits per heavy atom. The Labute approximate surface area is 120 Å². The number of hydrogen-bond acceptors (Lipinski definition) is 2. The van der Waals surface area contributed by atoms with E-state index in [1.807, 2.05) is 31.2 Å². The fourth-order valence-corrected chi connectivity index (χ4v) is 3.90. The van der Waals surface area contributed by atoms with E-state index in [2.05, 4.69) is 0 Å². The van der Waals surface area contributed by atoms with Crippen LogP contribution < -0.4 is 0 Å². The Morgan fingerprint density at radius 2 is 1.85 bits per heavy atom. The number of hydrogen-bond donors (Lipinski definition) is 0. The number of imide groups is 1. The number of nitrogens with zero attached hydrogens (tertiary/aromatic N) is 1. The lowest BCUT2D eigenvalue weighted by molar-refractivity contribution is -0.134. The van der Waals surface area contributed by atoms with Crippen LogP contribution in [0.1, 0.15) is 54.9 Å². The highest BCUT2D eigenvalue weighted by Gasteiger charge is 2.47. The van der Waals surface area contributed by atoms with Gasteiger partial charge < -0.3 is 0 Å². The molecule has 3 heteroatoms. The van der Waals surface area contributed by atoms with E-state index >= 15 is 0 Å². The SMILES string of the molecule is CN1C(=O)c2ccccc2C(C)(CC2CCCC2)C1=O. The second-order valence-corrected chi connectivity index (χ2v) is 6.40. The molecule has 1 aliphatic heterocycles. The van der Waals surface area contributed by atoms with Crippen molar-refractivity contribution in [2.45, 2.75) is 44.4 Å². The summed E-state index contributed by atoms with van der Waals surface area (Å²) in [6, 6.07) is 7.59. The van der Waals surface area contributed by atoms with Crippen LogP contribution in [0.4, 0.5) is 0 Å². The summed E-state index contributed by atoms with van der Waals surface area (Å²) in [6.07, 6.45) is 5.82. The molecule has 1 aromatic rings. The molecule has 2 aliphatic rings. The van der Waals surface area contributed by atoms with Gasteiger partial charge in [0.15, 0.2) is 0 Å². The predicted molar refractivity (Wildman–Crippen MR) is 77.5 cm³/mol. The molecule has 3 nitrogen and oxygen atoms in total. The van der Waals surface area contributed by atoms with E-state index in [-0.39, 0.29) is 11.8 Å². The van der Waals surface area contributed by atoms with Gasteiger partial charge in [-0.3, -0.25) is 14.5 Å². The van der Waals surface area contributed by atoms with Crippen LogP contribution in [-0.4, -0.2) is 23.8 Å². The highest BCUT2D eigenvalue weighted by atomic mass is 16.2. The summed E-state index contributed by atoms with van der Waals surface area (Å²) in [5.41, 5.74) is 1.06. The summed E-state index contributed by atoms with van der Waals surface area (Å²) in [7, 11) is 1.60. The van der Waals surface area contributed by atoms with Crippen LogP contribution in [-0.2, 0) is 10.2 Å². The van der Waals surface area contributed by atoms with Crippen LogP contribution >= 0.6 is 0 Å². The molecular formula is C17H21NO2. The van der Waals surface area contributed by atoms with Crippen molar-refractivity contribution in [1.29, 1.82) is 0 Å². The third-order valence-electron chi connectivity index (χ3n) is 5.00. The standard InChI is InChI=1S/C17H21NO2/c1-17(11-12-7-3-4-8-12)14-10-6-5-9-13(14)15(19)18(2)16(17)20/h5-6,9-10,12H,3-4,7-8,11H2,1-2H3. The van der Waals surface area contributed by atoms with Crippen LogP contribution in [0, 0.1) is 5.92 Å². The molecule has 1 saturated carbocycles. The number of rotatable bonds is 2. The van der Waals surface area contributed by atoms with Crippen molar-refractivity contribution in [2.24, 2.45) is 5.92 Å². The molecule has 1 fully saturated rings. The van der Waals surface area contributed by atoms with Gasteiger partial charge in [0.1, 0.15) is 0 Å². The molecule has 0 bridgehead atoms. The van der Waals surface area contributed by atoms with Gasteiger partial charge in [0.2, 0.25) is 5.91 Å². The summed E-state index contributed by atoms with van der Waals surface area (Å²) in [4.78, 5) is 26.3. The fraction of sp³-hybridized carbons (Fsp3) is 0.529. The van der Waals surface area contributed by atoms with Crippen LogP contribution in [0.25, 0.3) is 0 Å². The van der Waals surface area contributed by atoms with Crippen molar-refractivity contribution in [1.82, 2.24) is 4.90 Å². The molecule has 20 heavy (non-hydrogen) atoms. The van der Waals surface area contributed by atoms with Gasteiger partial charge in [-0.05, 0) is 30.9 Å². The van der Waals surface area contributed by atoms with Crippen LogP contribution in [0.15, 0.2) is 24.3 Å². The first-order valence-electron chi connectivity index (χ1n) is 7.46. The first kappa shape index (κ1) is 13.3. The zero-order valence-corrected chi connectivity index (χ0v) is 12.2. The Morgan fingerprint density at radius 3 is 2.55 bits per heavy atom. The average Bonchev–Trinajstić information content (AvgIpc) is 2.96. The number of fused-ring (bicyclic) bond motifs is 1. The summed E-state index contributed by atoms with van der Waals surface area (Å²) < 4.78 is 0. The highest BCUT2D eigenvalue weighted by molar-refractivity contribution is 6.12. The second-order valence-electron chi connectivity index (χ2n) is 6.40. The maximum absolute atomic E-state index is 12.7. The Kier molecular flexibility index (Phi) is 3.15. The summed E-state index contributed by atoms with van der Waals surface area (Å²) in [5, 5.41) is 0. The molecule has 1 aromatic carbocycles.